The molecular weight excluding hydrogens is 770 g/mol. The Balaban J connectivity index is 0.00000107. The highest BCUT2D eigenvalue weighted by atomic mass is 35.5. The summed E-state index contributed by atoms with van der Waals surface area (Å²) in [6, 6.07) is -0.602. The molecule has 0 bridgehead atoms. The number of ether oxygens (including phenoxy) is 10. The summed E-state index contributed by atoms with van der Waals surface area (Å²) >= 11 is 4.64. The first-order chi connectivity index (χ1) is 28.2. The minimum absolute atomic E-state index is 0.102. The predicted molar refractivity (Wildman–Crippen MR) is 231 cm³/mol. The van der Waals surface area contributed by atoms with Crippen molar-refractivity contribution < 1.29 is 57.6 Å². The summed E-state index contributed by atoms with van der Waals surface area (Å²) in [5, 5.41) is 21.3. The molecule has 14 heteroatoms. The maximum absolute atomic E-state index is 10.7. The standard InChI is InChI=1S/C22H42O6.C21H41NO6.CH3Cl/c1-6-8-9-10-11-12-18(25-5)13-15-26-21-17(3)22(27-14-7-2)28-19(16-24-4)20(21)23;1-5-7-8-9-10-11-16(25-4)12-14-26-20-18(22)21(27-13-6-2)28-17(15-24-3)19(20)23;1-2/h7,14,17-23H,6,8-13,15-16H2,1-5H3;6,13,16-21,23H,5,7-12,14-15,22H2,1-4H3;1H3/b14-7-;13-6-;. The first-order valence-electron chi connectivity index (χ1n) is 21.8. The van der Waals surface area contributed by atoms with E-state index in [4.69, 9.17) is 53.1 Å². The molecule has 12 unspecified atom stereocenters. The minimum atomic E-state index is -0.879. The van der Waals surface area contributed by atoms with Gasteiger partial charge in [0.05, 0.1) is 50.1 Å². The molecule has 2 aliphatic rings. The van der Waals surface area contributed by atoms with Crippen LogP contribution in [0.15, 0.2) is 24.7 Å². The number of aliphatic hydroxyl groups is 2. The van der Waals surface area contributed by atoms with Gasteiger partial charge in [-0.05, 0) is 39.5 Å². The molecule has 0 spiro atoms. The number of halogens is 1. The van der Waals surface area contributed by atoms with Crippen molar-refractivity contribution in [3.63, 3.8) is 0 Å². The van der Waals surface area contributed by atoms with Crippen LogP contribution in [-0.2, 0) is 47.4 Å². The lowest BCUT2D eigenvalue weighted by Gasteiger charge is -2.42. The average Bonchev–Trinajstić information content (AvgIpc) is 3.23. The van der Waals surface area contributed by atoms with E-state index in [-0.39, 0.29) is 30.8 Å². The third-order valence-corrected chi connectivity index (χ3v) is 10.5. The van der Waals surface area contributed by atoms with Crippen molar-refractivity contribution in [1.29, 1.82) is 0 Å². The first kappa shape index (κ1) is 56.9. The largest absolute Gasteiger partial charge is 0.472 e. The van der Waals surface area contributed by atoms with E-state index in [2.05, 4.69) is 25.4 Å². The smallest absolute Gasteiger partial charge is 0.217 e. The van der Waals surface area contributed by atoms with E-state index in [1.54, 1.807) is 40.8 Å². The van der Waals surface area contributed by atoms with Gasteiger partial charge in [-0.2, -0.15) is 0 Å². The molecule has 0 aromatic rings. The van der Waals surface area contributed by atoms with Crippen molar-refractivity contribution in [2.45, 2.75) is 192 Å². The number of nitrogens with two attached hydrogens (primary N) is 1. The highest BCUT2D eigenvalue weighted by molar-refractivity contribution is 6.15. The molecule has 13 nitrogen and oxygen atoms in total. The van der Waals surface area contributed by atoms with Gasteiger partial charge in [0.2, 0.25) is 12.6 Å². The molecule has 2 fully saturated rings. The summed E-state index contributed by atoms with van der Waals surface area (Å²) < 4.78 is 56.4. The van der Waals surface area contributed by atoms with Gasteiger partial charge in [-0.25, -0.2) is 0 Å². The summed E-state index contributed by atoms with van der Waals surface area (Å²) in [6.45, 7) is 11.7. The third kappa shape index (κ3) is 23.2. The summed E-state index contributed by atoms with van der Waals surface area (Å²) in [7, 11) is 6.65. The van der Waals surface area contributed by atoms with E-state index < -0.39 is 49.1 Å². The van der Waals surface area contributed by atoms with Crippen LogP contribution >= 0.6 is 11.6 Å². The number of hydrogen-bond donors (Lipinski definition) is 3. The molecule has 0 radical (unpaired) electrons. The van der Waals surface area contributed by atoms with E-state index in [9.17, 15) is 10.2 Å². The van der Waals surface area contributed by atoms with E-state index in [1.807, 2.05) is 26.8 Å². The lowest BCUT2D eigenvalue weighted by atomic mass is 9.92. The average molecular weight is 857 g/mol. The Labute approximate surface area is 357 Å². The zero-order valence-corrected chi connectivity index (χ0v) is 38.7. The van der Waals surface area contributed by atoms with Gasteiger partial charge in [-0.15, -0.1) is 11.6 Å². The van der Waals surface area contributed by atoms with Crippen molar-refractivity contribution in [2.24, 2.45) is 11.7 Å². The van der Waals surface area contributed by atoms with Crippen LogP contribution in [0.1, 0.15) is 125 Å². The minimum Gasteiger partial charge on any atom is -0.472 e. The van der Waals surface area contributed by atoms with Crippen LogP contribution in [0.4, 0.5) is 0 Å². The molecule has 0 aliphatic carbocycles. The second-order valence-electron chi connectivity index (χ2n) is 15.0. The molecule has 0 saturated carbocycles. The molecule has 12 atom stereocenters. The Bertz CT molecular complexity index is 894. The van der Waals surface area contributed by atoms with Gasteiger partial charge in [0, 0.05) is 54.0 Å². The van der Waals surface area contributed by atoms with Crippen LogP contribution < -0.4 is 5.73 Å². The third-order valence-electron chi connectivity index (χ3n) is 10.5. The predicted octanol–water partition coefficient (Wildman–Crippen LogP) is 7.66. The highest BCUT2D eigenvalue weighted by Crippen LogP contribution is 2.30. The molecule has 0 aromatic carbocycles. The number of allylic oxidation sites excluding steroid dienone is 2. The van der Waals surface area contributed by atoms with Crippen molar-refractivity contribution in [3.05, 3.63) is 24.7 Å². The SMILES string of the molecule is C/C=C\OC1OC(COC)C(O)C(OCCC(CCCCCCC)OC)C1C.C/C=C\OC1OC(COC)C(O)C(OCCC(CCCCCCC)OC)C1N.CCl. The van der Waals surface area contributed by atoms with Gasteiger partial charge < -0.3 is 63.3 Å². The number of hydrogen-bond acceptors (Lipinski definition) is 13. The molecular formula is C44H86ClNO12. The van der Waals surface area contributed by atoms with Gasteiger partial charge in [0.1, 0.15) is 30.5 Å². The number of methoxy groups -OCH3 is 4. The number of rotatable bonds is 30. The van der Waals surface area contributed by atoms with Crippen molar-refractivity contribution in [2.75, 3.05) is 61.2 Å². The van der Waals surface area contributed by atoms with Crippen molar-refractivity contribution in [1.82, 2.24) is 0 Å². The van der Waals surface area contributed by atoms with Crippen LogP contribution in [-0.4, -0.2) is 139 Å². The summed E-state index contributed by atoms with van der Waals surface area (Å²) in [5.41, 5.74) is 6.25. The zero-order valence-electron chi connectivity index (χ0n) is 37.9. The van der Waals surface area contributed by atoms with E-state index in [0.29, 0.717) is 19.8 Å². The molecule has 0 aromatic heterocycles. The van der Waals surface area contributed by atoms with Crippen LogP contribution in [0.5, 0.6) is 0 Å². The topological polar surface area (TPSA) is 159 Å². The highest BCUT2D eigenvalue weighted by Gasteiger charge is 2.46. The lowest BCUT2D eigenvalue weighted by Crippen LogP contribution is -2.63. The van der Waals surface area contributed by atoms with E-state index in [0.717, 1.165) is 32.1 Å². The maximum Gasteiger partial charge on any atom is 0.217 e. The molecule has 2 aliphatic heterocycles. The van der Waals surface area contributed by atoms with Gasteiger partial charge >= 0.3 is 0 Å². The van der Waals surface area contributed by atoms with Gasteiger partial charge in [0.15, 0.2) is 0 Å². The first-order valence-corrected chi connectivity index (χ1v) is 22.5. The fourth-order valence-corrected chi connectivity index (χ4v) is 7.03. The van der Waals surface area contributed by atoms with Crippen LogP contribution in [0.2, 0.25) is 0 Å². The second-order valence-corrected chi connectivity index (χ2v) is 15.0. The van der Waals surface area contributed by atoms with Crippen molar-refractivity contribution >= 4 is 11.6 Å². The fourth-order valence-electron chi connectivity index (χ4n) is 7.03. The molecule has 2 rings (SSSR count). The van der Waals surface area contributed by atoms with Gasteiger partial charge in [0.25, 0.3) is 0 Å². The Morgan fingerprint density at radius 3 is 1.47 bits per heavy atom. The Kier molecular flexibility index (Phi) is 37.0. The van der Waals surface area contributed by atoms with Crippen molar-refractivity contribution in [3.8, 4) is 0 Å². The molecule has 2 saturated heterocycles. The van der Waals surface area contributed by atoms with Crippen LogP contribution in [0.25, 0.3) is 0 Å². The number of aliphatic hydroxyl groups excluding tert-OH is 2. The molecule has 2 heterocycles. The Hall–Kier alpha value is -1.07. The molecule has 4 N–H and O–H groups in total. The summed E-state index contributed by atoms with van der Waals surface area (Å²) in [5.74, 6) is -0.102. The normalized spacial score (nSPS) is 28.4. The lowest BCUT2D eigenvalue weighted by molar-refractivity contribution is -0.277. The number of unbranched alkanes of at least 4 members (excludes halogenated alkanes) is 8. The second kappa shape index (κ2) is 37.7. The van der Waals surface area contributed by atoms with Crippen LogP contribution in [0, 0.1) is 5.92 Å². The van der Waals surface area contributed by atoms with Gasteiger partial charge in [-0.1, -0.05) is 97.1 Å². The van der Waals surface area contributed by atoms with E-state index in [1.165, 1.54) is 70.4 Å². The summed E-state index contributed by atoms with van der Waals surface area (Å²) in [6.07, 6.45) is 19.9. The number of alkyl halides is 1. The quantitative estimate of drug-likeness (QED) is 0.0368. The maximum atomic E-state index is 10.7. The van der Waals surface area contributed by atoms with Crippen LogP contribution in [0.3, 0.4) is 0 Å². The fraction of sp³-hybridized carbons (Fsp3) is 0.909. The molecule has 0 amide bonds. The summed E-state index contributed by atoms with van der Waals surface area (Å²) in [4.78, 5) is 0. The zero-order chi connectivity index (χ0) is 43.6. The Morgan fingerprint density at radius 1 is 0.621 bits per heavy atom. The molecule has 58 heavy (non-hydrogen) atoms. The van der Waals surface area contributed by atoms with Gasteiger partial charge in [-0.3, -0.25) is 0 Å². The Morgan fingerprint density at radius 2 is 1.03 bits per heavy atom. The monoisotopic (exact) mass is 856 g/mol. The van der Waals surface area contributed by atoms with E-state index >= 15 is 0 Å². The molecule has 346 valence electrons.